The van der Waals surface area contributed by atoms with Crippen molar-refractivity contribution in [2.45, 2.75) is 214 Å². The van der Waals surface area contributed by atoms with Gasteiger partial charge in [-0.3, -0.25) is 28.8 Å². The Kier molecular flexibility index (Phi) is 69.6. The van der Waals surface area contributed by atoms with E-state index in [-0.39, 0.29) is 42.4 Å². The summed E-state index contributed by atoms with van der Waals surface area (Å²) >= 11 is 1.24. The lowest BCUT2D eigenvalue weighted by Crippen LogP contribution is -2.33. The molecular formula is C105H166N18O21S. The molecule has 808 valence electrons. The van der Waals surface area contributed by atoms with Crippen molar-refractivity contribution in [3.63, 3.8) is 0 Å². The van der Waals surface area contributed by atoms with Crippen LogP contribution in [-0.4, -0.2) is 292 Å². The Morgan fingerprint density at radius 1 is 0.366 bits per heavy atom. The zero-order valence-electron chi connectivity index (χ0n) is 86.5. The van der Waals surface area contributed by atoms with Crippen molar-refractivity contribution in [1.82, 2.24) is 61.0 Å². The first-order valence-corrected chi connectivity index (χ1v) is 52.4. The summed E-state index contributed by atoms with van der Waals surface area (Å²) < 4.78 is 74.4. The standard InChI is InChI=1S/C38H51N7O5S.C37H53N7O5.C20H38N2O8.C10H24N2O3/c1-2-3-11-33-44-36-37(31-9-4-5-10-32(31)43-38(36)40)45(33)27-30-16-14-29(15-17-30)26-42-35(47)13-6-12-34(46)41-18-7-19-48-21-23-50-24-22-49-20-8-25-51-28-39;1-2-3-11-32-43-35-36(30-9-4-5-10-31(30)42-37(35)39)44(32)27-29-16-14-28(15-17-29)26-41-34(46)13-6-12-33(45)40-19-8-21-48-23-25-49-24-22-47-20-7-18-38;1-20(2,3)30-19(26)22-10-6-12-28-14-16-29-15-13-27-11-5-9-21-17(23)7-4-8-18(24)25;11-3-1-5-13-7-9-15-10-8-14-6-2-4-12/h4-5,9-10,14-17H,2-3,6-8,11-13,18-27H2,1H3,(H2,40,43)(H,41,46)(H,42,47);4-5,9-10,14-17H,2-3,6-8,11-13,18-27,38H2,1H3,(H2,39,42)(H,40,45)(H,41,46);4-16H2,1-3H3,(H,21,23)(H,22,26)(H,24,25);1-12H2. The van der Waals surface area contributed by atoms with Crippen molar-refractivity contribution >= 4 is 109 Å². The first-order chi connectivity index (χ1) is 70.6. The molecule has 4 heterocycles. The highest BCUT2D eigenvalue weighted by molar-refractivity contribution is 8.03. The number of aliphatic carboxylic acids is 1. The summed E-state index contributed by atoms with van der Waals surface area (Å²) in [5, 5.41) is 38.2. The van der Waals surface area contributed by atoms with Crippen molar-refractivity contribution in [1.29, 1.82) is 5.26 Å². The number of carboxylic acids is 1. The molecule has 40 heteroatoms. The molecule has 4 aromatic heterocycles. The van der Waals surface area contributed by atoms with E-state index in [4.69, 9.17) is 111 Å². The molecular weight excluding hydrogens is 1880 g/mol. The largest absolute Gasteiger partial charge is 0.481 e. The number of hydrogen-bond acceptors (Lipinski definition) is 31. The minimum Gasteiger partial charge on any atom is -0.481 e. The van der Waals surface area contributed by atoms with Gasteiger partial charge in [-0.25, -0.2) is 24.7 Å². The number of carbonyl (C=O) groups excluding carboxylic acids is 6. The van der Waals surface area contributed by atoms with E-state index in [9.17, 15) is 33.6 Å². The molecule has 0 fully saturated rings. The van der Waals surface area contributed by atoms with Gasteiger partial charge in [-0.1, -0.05) is 112 Å². The third-order valence-electron chi connectivity index (χ3n) is 21.6. The van der Waals surface area contributed by atoms with Gasteiger partial charge in [-0.05, 0) is 170 Å². The lowest BCUT2D eigenvalue weighted by atomic mass is 10.1. The van der Waals surface area contributed by atoms with E-state index < -0.39 is 17.7 Å². The van der Waals surface area contributed by atoms with Gasteiger partial charge in [-0.15, -0.1) is 0 Å². The highest BCUT2D eigenvalue weighted by atomic mass is 32.2. The van der Waals surface area contributed by atoms with Gasteiger partial charge < -0.3 is 136 Å². The predicted octanol–water partition coefficient (Wildman–Crippen LogP) is 11.2. The number of thiocyanates is 1. The Morgan fingerprint density at radius 3 is 0.966 bits per heavy atom. The van der Waals surface area contributed by atoms with Gasteiger partial charge in [0.05, 0.1) is 128 Å². The van der Waals surface area contributed by atoms with Crippen LogP contribution in [0.4, 0.5) is 16.4 Å². The number of nitrogens with one attached hydrogen (secondary N) is 6. The average molecular weight is 2050 g/mol. The number of aryl methyl sites for hydroxylation is 2. The molecule has 39 nitrogen and oxygen atoms in total. The number of carbonyl (C=O) groups is 7. The fourth-order valence-corrected chi connectivity index (χ4v) is 14.4. The highest BCUT2D eigenvalue weighted by Crippen LogP contribution is 2.32. The van der Waals surface area contributed by atoms with Gasteiger partial charge in [0.1, 0.15) is 33.7 Å². The number of anilines is 2. The Morgan fingerprint density at radius 2 is 0.655 bits per heavy atom. The zero-order chi connectivity index (χ0) is 105. The number of para-hydroxylation sites is 2. The molecule has 6 amide bonds. The van der Waals surface area contributed by atoms with Crippen LogP contribution in [0.1, 0.15) is 203 Å². The Balaban J connectivity index is 0.000000367. The number of fused-ring (bicyclic) bond motifs is 6. The number of nitrogen functional groups attached to an aromatic ring is 2. The van der Waals surface area contributed by atoms with Crippen LogP contribution in [0.25, 0.3) is 43.9 Å². The monoisotopic (exact) mass is 2050 g/mol. The molecule has 0 unspecified atom stereocenters. The van der Waals surface area contributed by atoms with Gasteiger partial charge in [0.15, 0.2) is 11.6 Å². The lowest BCUT2D eigenvalue weighted by molar-refractivity contribution is -0.137. The summed E-state index contributed by atoms with van der Waals surface area (Å²) in [6.07, 6.45) is 14.6. The summed E-state index contributed by atoms with van der Waals surface area (Å²) in [4.78, 5) is 101. The van der Waals surface area contributed by atoms with Crippen LogP contribution in [-0.2, 0) is 129 Å². The van der Waals surface area contributed by atoms with E-state index in [1.165, 1.54) is 11.8 Å². The number of nitrogens with two attached hydrogens (primary N) is 5. The molecule has 4 aromatic carbocycles. The van der Waals surface area contributed by atoms with Crippen molar-refractivity contribution in [3.05, 3.63) is 131 Å². The maximum Gasteiger partial charge on any atom is 0.407 e. The molecule has 0 aliphatic rings. The number of amides is 6. The second-order valence-corrected chi connectivity index (χ2v) is 35.8. The molecule has 0 atom stereocenters. The predicted molar refractivity (Wildman–Crippen MR) is 565 cm³/mol. The Labute approximate surface area is 860 Å². The molecule has 0 spiro atoms. The SMILES string of the molecule is CC(C)(C)OC(=O)NCCCOCCOCCOCCCNC(=O)CCCC(=O)O.CCCCc1nc2c(N)nc3ccccc3c2n1Cc1ccc(CNC(=O)CCCC(=O)NCCCOCCOCCOCCCN)cc1.CCCCc1nc2c(N)nc3ccccc3c2n1Cc1ccc(CNC(=O)CCCC(=O)NCCCOCCOCCOCCCSC#N)cc1.NCCCOCCOCCOCCCN. The minimum absolute atomic E-state index is 0.00682. The number of nitriles is 1. The van der Waals surface area contributed by atoms with Crippen LogP contribution in [0.2, 0.25) is 0 Å². The second-order valence-electron chi connectivity index (χ2n) is 35.0. The van der Waals surface area contributed by atoms with Gasteiger partial charge in [0.25, 0.3) is 0 Å². The van der Waals surface area contributed by atoms with Crippen molar-refractivity contribution in [2.75, 3.05) is 222 Å². The fourth-order valence-electron chi connectivity index (χ4n) is 14.0. The van der Waals surface area contributed by atoms with Crippen LogP contribution in [0.15, 0.2) is 97.1 Å². The second kappa shape index (κ2) is 80.7. The van der Waals surface area contributed by atoms with Crippen LogP contribution in [0, 0.1) is 10.7 Å². The molecule has 17 N–H and O–H groups in total. The summed E-state index contributed by atoms with van der Waals surface area (Å²) in [7, 11) is 0. The first kappa shape index (κ1) is 125. The zero-order valence-corrected chi connectivity index (χ0v) is 87.3. The van der Waals surface area contributed by atoms with Crippen molar-refractivity contribution in [2.24, 2.45) is 17.2 Å². The topological polar surface area (TPSA) is 547 Å². The number of pyridine rings is 2. The molecule has 145 heavy (non-hydrogen) atoms. The number of imidazole rings is 2. The van der Waals surface area contributed by atoms with E-state index >= 15 is 0 Å². The lowest BCUT2D eigenvalue weighted by Gasteiger charge is -2.19. The number of aromatic nitrogens is 6. The molecule has 0 saturated heterocycles. The maximum atomic E-state index is 12.5. The van der Waals surface area contributed by atoms with Gasteiger partial charge in [-0.2, -0.15) is 5.26 Å². The summed E-state index contributed by atoms with van der Waals surface area (Å²) in [5.41, 5.74) is 37.8. The first-order valence-electron chi connectivity index (χ1n) is 51.4. The van der Waals surface area contributed by atoms with E-state index in [2.05, 4.69) is 101 Å². The van der Waals surface area contributed by atoms with E-state index in [0.29, 0.717) is 306 Å². The van der Waals surface area contributed by atoms with Gasteiger partial charge in [0.2, 0.25) is 29.5 Å². The molecule has 8 aromatic rings. The summed E-state index contributed by atoms with van der Waals surface area (Å²) in [6, 6.07) is 32.6. The average Bonchev–Trinajstić information content (AvgIpc) is 1.61. The fraction of sp³-hybridized carbons (Fsp3) is 0.619. The number of hydrogen-bond donors (Lipinski definition) is 12. The number of thioether (sulfide) groups is 1. The van der Waals surface area contributed by atoms with Crippen molar-refractivity contribution < 1.29 is 100 Å². The quantitative estimate of drug-likeness (QED) is 0.0124. The smallest absolute Gasteiger partial charge is 0.407 e. The number of carboxylic acid groups (broad SMARTS) is 1. The minimum atomic E-state index is -0.891. The van der Waals surface area contributed by atoms with E-state index in [1.807, 2.05) is 86.8 Å². The summed E-state index contributed by atoms with van der Waals surface area (Å²) in [5.74, 6) is 2.39. The normalized spacial score (nSPS) is 11.2. The number of benzene rings is 4. The van der Waals surface area contributed by atoms with Crippen LogP contribution >= 0.6 is 11.8 Å². The molecule has 0 saturated carbocycles. The number of alkyl carbamates (subject to hydrolysis) is 1. The molecule has 0 bridgehead atoms. The van der Waals surface area contributed by atoms with Crippen LogP contribution in [0.5, 0.6) is 0 Å². The maximum absolute atomic E-state index is 12.5. The highest BCUT2D eigenvalue weighted by Gasteiger charge is 2.22. The van der Waals surface area contributed by atoms with E-state index in [0.717, 1.165) is 154 Å². The summed E-state index contributed by atoms with van der Waals surface area (Å²) in [6.45, 7) is 29.3. The van der Waals surface area contributed by atoms with E-state index in [1.54, 1.807) is 0 Å². The van der Waals surface area contributed by atoms with Crippen LogP contribution in [0.3, 0.4) is 0 Å². The third-order valence-corrected chi connectivity index (χ3v) is 22.2. The molecule has 0 radical (unpaired) electrons. The van der Waals surface area contributed by atoms with Gasteiger partial charge >= 0.3 is 12.1 Å². The third kappa shape index (κ3) is 58.6. The van der Waals surface area contributed by atoms with Gasteiger partial charge in [0, 0.05) is 173 Å². The van der Waals surface area contributed by atoms with Crippen molar-refractivity contribution in [3.8, 4) is 5.40 Å². The van der Waals surface area contributed by atoms with Crippen LogP contribution < -0.4 is 60.6 Å². The Bertz CT molecular complexity index is 4880. The Hall–Kier alpha value is -10.4. The molecule has 0 aliphatic carbocycles. The number of rotatable bonds is 79. The number of ether oxygens (including phenoxy) is 13. The molecule has 8 rings (SSSR count). The molecule has 0 aliphatic heterocycles. The number of nitrogens with zero attached hydrogens (tertiary/aromatic N) is 7. The number of unbranched alkanes of at least 4 members (excludes halogenated alkanes) is 2.